The molecule has 2 atom stereocenters. The van der Waals surface area contributed by atoms with Crippen LogP contribution in [-0.4, -0.2) is 25.5 Å². The molecule has 2 rings (SSSR count). The summed E-state index contributed by atoms with van der Waals surface area (Å²) in [5, 5.41) is 0.212. The maximum absolute atomic E-state index is 13.9. The van der Waals surface area contributed by atoms with Crippen LogP contribution in [0.1, 0.15) is 18.5 Å². The lowest BCUT2D eigenvalue weighted by molar-refractivity contribution is -0.149. The van der Waals surface area contributed by atoms with Crippen molar-refractivity contribution >= 4 is 30.0 Å². The van der Waals surface area contributed by atoms with Gasteiger partial charge < -0.3 is 19.9 Å². The highest BCUT2D eigenvalue weighted by molar-refractivity contribution is 6.31. The number of carbonyl (C=O) groups excluding carboxylic acids is 1. The summed E-state index contributed by atoms with van der Waals surface area (Å²) >= 11 is 5.99. The molecule has 1 unspecified atom stereocenters. The van der Waals surface area contributed by atoms with Crippen LogP contribution < -0.4 is 15.2 Å². The molecule has 20 heavy (non-hydrogen) atoms. The predicted octanol–water partition coefficient (Wildman–Crippen LogP) is 2.39. The molecule has 0 aliphatic carbocycles. The lowest BCUT2D eigenvalue weighted by Gasteiger charge is -2.17. The first kappa shape index (κ1) is 16.8. The average molecular weight is 326 g/mol. The first-order valence-electron chi connectivity index (χ1n) is 5.70. The van der Waals surface area contributed by atoms with E-state index in [1.54, 1.807) is 6.92 Å². The molecule has 0 saturated carbocycles. The molecule has 2 N–H and O–H groups in total. The second-order valence-corrected chi connectivity index (χ2v) is 4.31. The van der Waals surface area contributed by atoms with Crippen LogP contribution in [0.4, 0.5) is 4.39 Å². The molecular formula is C12H14Cl2FNO4. The Balaban J connectivity index is 0.00000200. The molecule has 0 amide bonds. The third-order valence-corrected chi connectivity index (χ3v) is 3.01. The first-order chi connectivity index (χ1) is 9.04. The molecule has 0 spiro atoms. The molecule has 8 heteroatoms. The molecule has 0 fully saturated rings. The second kappa shape index (κ2) is 6.97. The fourth-order valence-electron chi connectivity index (χ4n) is 1.71. The summed E-state index contributed by atoms with van der Waals surface area (Å²) < 4.78 is 28.7. The maximum Gasteiger partial charge on any atom is 0.342 e. The van der Waals surface area contributed by atoms with Crippen LogP contribution in [0, 0.1) is 0 Å². The standard InChI is InChI=1S/C12H13ClFNO4.ClH/c1-2-17-12(16)10(14)11(15)6-3-8-9(4-7(6)13)19-5-18-8;/h3-4,10-11H,2,5,15H2,1H3;1H/t10?,11-;/m1./s1. The van der Waals surface area contributed by atoms with Gasteiger partial charge in [-0.15, -0.1) is 12.4 Å². The molecule has 1 aliphatic heterocycles. The van der Waals surface area contributed by atoms with Crippen molar-refractivity contribution in [3.05, 3.63) is 22.7 Å². The van der Waals surface area contributed by atoms with Crippen molar-refractivity contribution in [1.29, 1.82) is 0 Å². The number of alkyl halides is 1. The normalized spacial score (nSPS) is 15.2. The maximum atomic E-state index is 13.9. The summed E-state index contributed by atoms with van der Waals surface area (Å²) in [6, 6.07) is 1.74. The minimum absolute atomic E-state index is 0. The van der Waals surface area contributed by atoms with Crippen molar-refractivity contribution < 1.29 is 23.4 Å². The zero-order chi connectivity index (χ0) is 14.0. The van der Waals surface area contributed by atoms with Crippen LogP contribution >= 0.6 is 24.0 Å². The molecule has 0 radical (unpaired) electrons. The topological polar surface area (TPSA) is 70.8 Å². The van der Waals surface area contributed by atoms with Crippen molar-refractivity contribution in [2.45, 2.75) is 19.1 Å². The molecule has 112 valence electrons. The third kappa shape index (κ3) is 3.26. The van der Waals surface area contributed by atoms with Crippen molar-refractivity contribution in [1.82, 2.24) is 0 Å². The molecule has 5 nitrogen and oxygen atoms in total. The Morgan fingerprint density at radius 3 is 2.70 bits per heavy atom. The number of fused-ring (bicyclic) bond motifs is 1. The first-order valence-corrected chi connectivity index (χ1v) is 6.07. The highest BCUT2D eigenvalue weighted by atomic mass is 35.5. The van der Waals surface area contributed by atoms with Gasteiger partial charge in [-0.3, -0.25) is 0 Å². The summed E-state index contributed by atoms with van der Waals surface area (Å²) in [6.07, 6.45) is -1.99. The Kier molecular flexibility index (Phi) is 5.86. The number of benzene rings is 1. The van der Waals surface area contributed by atoms with E-state index in [9.17, 15) is 9.18 Å². The number of nitrogens with two attached hydrogens (primary N) is 1. The quantitative estimate of drug-likeness (QED) is 0.860. The molecule has 0 saturated heterocycles. The number of hydrogen-bond acceptors (Lipinski definition) is 5. The Bertz CT molecular complexity index is 501. The molecule has 0 aromatic heterocycles. The Hall–Kier alpha value is -1.24. The van der Waals surface area contributed by atoms with Gasteiger partial charge in [-0.1, -0.05) is 11.6 Å². The summed E-state index contributed by atoms with van der Waals surface area (Å²) in [5.41, 5.74) is 5.98. The van der Waals surface area contributed by atoms with E-state index in [0.29, 0.717) is 11.5 Å². The Morgan fingerprint density at radius 2 is 2.10 bits per heavy atom. The number of carbonyl (C=O) groups is 1. The molecule has 1 aromatic carbocycles. The van der Waals surface area contributed by atoms with Crippen molar-refractivity contribution in [3.63, 3.8) is 0 Å². The molecular weight excluding hydrogens is 312 g/mol. The van der Waals surface area contributed by atoms with Gasteiger partial charge >= 0.3 is 5.97 Å². The van der Waals surface area contributed by atoms with Gasteiger partial charge in [-0.25, -0.2) is 9.18 Å². The van der Waals surface area contributed by atoms with Crippen LogP contribution in [-0.2, 0) is 9.53 Å². The van der Waals surface area contributed by atoms with E-state index in [1.807, 2.05) is 0 Å². The molecule has 1 aromatic rings. The molecule has 1 heterocycles. The van der Waals surface area contributed by atoms with Crippen LogP contribution in [0.15, 0.2) is 12.1 Å². The van der Waals surface area contributed by atoms with Crippen LogP contribution in [0.25, 0.3) is 0 Å². The lowest BCUT2D eigenvalue weighted by atomic mass is 10.0. The second-order valence-electron chi connectivity index (χ2n) is 3.91. The lowest BCUT2D eigenvalue weighted by Crippen LogP contribution is -2.31. The number of halogens is 3. The summed E-state index contributed by atoms with van der Waals surface area (Å²) in [5.74, 6) is -0.123. The third-order valence-electron chi connectivity index (χ3n) is 2.68. The van der Waals surface area contributed by atoms with Gasteiger partial charge in [0.1, 0.15) is 0 Å². The van der Waals surface area contributed by atoms with E-state index in [2.05, 4.69) is 4.74 Å². The fraction of sp³-hybridized carbons (Fsp3) is 0.417. The largest absolute Gasteiger partial charge is 0.464 e. The Labute approximate surface area is 126 Å². The summed E-state index contributed by atoms with van der Waals surface area (Å²) in [4.78, 5) is 11.3. The molecule has 0 bridgehead atoms. The summed E-state index contributed by atoms with van der Waals surface area (Å²) in [6.45, 7) is 1.74. The zero-order valence-corrected chi connectivity index (χ0v) is 12.2. The van der Waals surface area contributed by atoms with E-state index in [-0.39, 0.29) is 36.4 Å². The number of hydrogen-bond donors (Lipinski definition) is 1. The summed E-state index contributed by atoms with van der Waals surface area (Å²) in [7, 11) is 0. The monoisotopic (exact) mass is 325 g/mol. The minimum atomic E-state index is -1.99. The van der Waals surface area contributed by atoms with Crippen molar-refractivity contribution in [2.24, 2.45) is 5.73 Å². The highest BCUT2D eigenvalue weighted by Crippen LogP contribution is 2.39. The number of esters is 1. The van der Waals surface area contributed by atoms with E-state index in [0.717, 1.165) is 0 Å². The number of rotatable bonds is 4. The van der Waals surface area contributed by atoms with Gasteiger partial charge in [0.25, 0.3) is 0 Å². The van der Waals surface area contributed by atoms with Crippen LogP contribution in [0.2, 0.25) is 5.02 Å². The van der Waals surface area contributed by atoms with Gasteiger partial charge in [0, 0.05) is 11.1 Å². The van der Waals surface area contributed by atoms with E-state index >= 15 is 0 Å². The van der Waals surface area contributed by atoms with Gasteiger partial charge in [0.05, 0.1) is 12.6 Å². The Morgan fingerprint density at radius 1 is 1.50 bits per heavy atom. The van der Waals surface area contributed by atoms with Gasteiger partial charge in [-0.05, 0) is 18.6 Å². The van der Waals surface area contributed by atoms with Crippen molar-refractivity contribution in [3.8, 4) is 11.5 Å². The molecule has 1 aliphatic rings. The van der Waals surface area contributed by atoms with Crippen LogP contribution in [0.5, 0.6) is 11.5 Å². The smallest absolute Gasteiger partial charge is 0.342 e. The SMILES string of the molecule is CCOC(=O)C(F)[C@H](N)c1cc2c(cc1Cl)OCO2.Cl. The van der Waals surface area contributed by atoms with E-state index in [4.69, 9.17) is 26.8 Å². The average Bonchev–Trinajstić information content (AvgIpc) is 2.83. The van der Waals surface area contributed by atoms with Crippen molar-refractivity contribution in [2.75, 3.05) is 13.4 Å². The minimum Gasteiger partial charge on any atom is -0.464 e. The highest BCUT2D eigenvalue weighted by Gasteiger charge is 2.30. The fourth-order valence-corrected chi connectivity index (χ4v) is 1.99. The van der Waals surface area contributed by atoms with E-state index < -0.39 is 18.2 Å². The predicted molar refractivity (Wildman–Crippen MR) is 73.3 cm³/mol. The van der Waals surface area contributed by atoms with Gasteiger partial charge in [0.15, 0.2) is 11.5 Å². The van der Waals surface area contributed by atoms with Crippen LogP contribution in [0.3, 0.4) is 0 Å². The van der Waals surface area contributed by atoms with Gasteiger partial charge in [-0.2, -0.15) is 0 Å². The van der Waals surface area contributed by atoms with E-state index in [1.165, 1.54) is 12.1 Å². The number of ether oxygens (including phenoxy) is 3. The van der Waals surface area contributed by atoms with Gasteiger partial charge in [0.2, 0.25) is 13.0 Å². The zero-order valence-electron chi connectivity index (χ0n) is 10.6.